The van der Waals surface area contributed by atoms with E-state index >= 15 is 0 Å². The lowest BCUT2D eigenvalue weighted by Crippen LogP contribution is -2.36. The molecule has 0 aromatic heterocycles. The molecule has 3 rings (SSSR count). The highest BCUT2D eigenvalue weighted by molar-refractivity contribution is 7.58. The summed E-state index contributed by atoms with van der Waals surface area (Å²) in [6.07, 6.45) is 2.82. The Morgan fingerprint density at radius 3 is 2.67 bits per heavy atom. The molecule has 0 saturated carbocycles. The first-order valence-corrected chi connectivity index (χ1v) is 10.2. The van der Waals surface area contributed by atoms with Crippen LogP contribution in [0.25, 0.3) is 0 Å². The van der Waals surface area contributed by atoms with Gasteiger partial charge in [-0.1, -0.05) is 11.6 Å². The average molecular weight is 374 g/mol. The fraction of sp³-hybridized carbons (Fsp3) is 0.438. The number of hydrogen-bond acceptors (Lipinski definition) is 3. The standard InChI is InChI=1S/C16H18ClFNO4P/c1-23-14-8-13(12(18)7-11(14)17)19-15(20)9-5-3-4-6-10(9)16(19)24(2,21)22/h7-8,16H,3-6H2,1-2H3,(H,21,22). The van der Waals surface area contributed by atoms with Gasteiger partial charge in [-0.2, -0.15) is 0 Å². The molecule has 1 heterocycles. The number of rotatable bonds is 3. The molecule has 1 N–H and O–H groups in total. The van der Waals surface area contributed by atoms with Crippen LogP contribution in [0.2, 0.25) is 5.02 Å². The van der Waals surface area contributed by atoms with E-state index in [4.69, 9.17) is 16.3 Å². The first-order valence-electron chi connectivity index (χ1n) is 7.64. The predicted molar refractivity (Wildman–Crippen MR) is 90.5 cm³/mol. The number of carbonyl (C=O) groups excluding carboxylic acids is 1. The number of hydrogen-bond donors (Lipinski definition) is 1. The third-order valence-electron chi connectivity index (χ3n) is 4.48. The van der Waals surface area contributed by atoms with Gasteiger partial charge in [-0.05, 0) is 37.3 Å². The predicted octanol–water partition coefficient (Wildman–Crippen LogP) is 3.93. The Kier molecular flexibility index (Phi) is 4.49. The molecule has 1 aromatic rings. The summed E-state index contributed by atoms with van der Waals surface area (Å²) >= 11 is 5.91. The molecule has 5 nitrogen and oxygen atoms in total. The molecule has 1 aromatic carbocycles. The summed E-state index contributed by atoms with van der Waals surface area (Å²) in [6.45, 7) is 1.20. The van der Waals surface area contributed by atoms with Gasteiger partial charge in [0, 0.05) is 18.3 Å². The van der Waals surface area contributed by atoms with Crippen molar-refractivity contribution in [2.24, 2.45) is 0 Å². The summed E-state index contributed by atoms with van der Waals surface area (Å²) in [5, 5.41) is 0.0725. The number of halogens is 2. The smallest absolute Gasteiger partial charge is 0.255 e. The van der Waals surface area contributed by atoms with Crippen LogP contribution in [0, 0.1) is 5.82 Å². The molecule has 1 aliphatic carbocycles. The Morgan fingerprint density at radius 2 is 2.04 bits per heavy atom. The summed E-state index contributed by atoms with van der Waals surface area (Å²) in [5.74, 6) is -1.96. The van der Waals surface area contributed by atoms with Gasteiger partial charge in [-0.15, -0.1) is 0 Å². The molecule has 0 fully saturated rings. The highest BCUT2D eigenvalue weighted by atomic mass is 35.5. The van der Waals surface area contributed by atoms with E-state index in [1.54, 1.807) is 0 Å². The van der Waals surface area contributed by atoms with Crippen molar-refractivity contribution in [1.29, 1.82) is 0 Å². The maximum Gasteiger partial charge on any atom is 0.255 e. The summed E-state index contributed by atoms with van der Waals surface area (Å²) in [5.41, 5.74) is 1.11. The van der Waals surface area contributed by atoms with Gasteiger partial charge < -0.3 is 9.63 Å². The van der Waals surface area contributed by atoms with Gasteiger partial charge in [0.05, 0.1) is 17.8 Å². The van der Waals surface area contributed by atoms with Crippen LogP contribution >= 0.6 is 19.0 Å². The molecule has 0 bridgehead atoms. The van der Waals surface area contributed by atoms with E-state index in [-0.39, 0.29) is 16.5 Å². The van der Waals surface area contributed by atoms with Crippen LogP contribution in [0.5, 0.6) is 5.75 Å². The Balaban J connectivity index is 2.17. The second-order valence-electron chi connectivity index (χ2n) is 6.14. The van der Waals surface area contributed by atoms with Crippen molar-refractivity contribution in [3.8, 4) is 5.75 Å². The molecule has 1 aliphatic heterocycles. The van der Waals surface area contributed by atoms with Crippen LogP contribution in [0.15, 0.2) is 23.3 Å². The third-order valence-corrected chi connectivity index (χ3v) is 6.22. The number of methoxy groups -OCH3 is 1. The van der Waals surface area contributed by atoms with E-state index in [0.29, 0.717) is 24.0 Å². The Hall–Kier alpha value is -1.36. The number of carbonyl (C=O) groups is 1. The Bertz CT molecular complexity index is 789. The number of benzene rings is 1. The van der Waals surface area contributed by atoms with E-state index in [1.807, 2.05) is 0 Å². The van der Waals surface area contributed by atoms with Crippen LogP contribution < -0.4 is 9.64 Å². The quantitative estimate of drug-likeness (QED) is 0.815. The normalized spacial score (nSPS) is 23.3. The van der Waals surface area contributed by atoms with Gasteiger partial charge in [0.2, 0.25) is 7.37 Å². The summed E-state index contributed by atoms with van der Waals surface area (Å²) in [7, 11) is -2.33. The number of nitrogens with zero attached hydrogens (tertiary/aromatic N) is 1. The minimum Gasteiger partial charge on any atom is -0.495 e. The van der Waals surface area contributed by atoms with Crippen molar-refractivity contribution in [3.05, 3.63) is 34.1 Å². The summed E-state index contributed by atoms with van der Waals surface area (Å²) < 4.78 is 32.1. The van der Waals surface area contributed by atoms with Gasteiger partial charge in [0.1, 0.15) is 17.3 Å². The molecule has 130 valence electrons. The molecular weight excluding hydrogens is 356 g/mol. The van der Waals surface area contributed by atoms with Crippen molar-refractivity contribution in [1.82, 2.24) is 0 Å². The van der Waals surface area contributed by atoms with Crippen LogP contribution in [0.4, 0.5) is 10.1 Å². The molecule has 2 atom stereocenters. The van der Waals surface area contributed by atoms with E-state index in [2.05, 4.69) is 0 Å². The molecule has 0 saturated heterocycles. The van der Waals surface area contributed by atoms with E-state index in [0.717, 1.165) is 23.8 Å². The topological polar surface area (TPSA) is 66.8 Å². The molecule has 2 unspecified atom stereocenters. The zero-order chi connectivity index (χ0) is 17.6. The maximum absolute atomic E-state index is 14.5. The summed E-state index contributed by atoms with van der Waals surface area (Å²) in [6, 6.07) is 2.35. The van der Waals surface area contributed by atoms with Crippen LogP contribution in [0.1, 0.15) is 25.7 Å². The lowest BCUT2D eigenvalue weighted by atomic mass is 9.94. The second-order valence-corrected chi connectivity index (χ2v) is 8.92. The van der Waals surface area contributed by atoms with Crippen molar-refractivity contribution in [3.63, 3.8) is 0 Å². The fourth-order valence-corrected chi connectivity index (χ4v) is 5.22. The molecule has 0 spiro atoms. The minimum absolute atomic E-state index is 0.0725. The SMILES string of the molecule is COc1cc(N2C(=O)C3=C(CCCC3)C2P(C)(=O)O)c(F)cc1Cl. The maximum atomic E-state index is 14.5. The van der Waals surface area contributed by atoms with Crippen LogP contribution in [-0.2, 0) is 9.36 Å². The Labute approximate surface area is 144 Å². The average Bonchev–Trinajstić information content (AvgIpc) is 2.81. The summed E-state index contributed by atoms with van der Waals surface area (Å²) in [4.78, 5) is 24.2. The van der Waals surface area contributed by atoms with Gasteiger partial charge >= 0.3 is 0 Å². The number of amides is 1. The lowest BCUT2D eigenvalue weighted by Gasteiger charge is -2.29. The van der Waals surface area contributed by atoms with Crippen molar-refractivity contribution < 1.29 is 23.4 Å². The first-order chi connectivity index (χ1) is 11.3. The van der Waals surface area contributed by atoms with Crippen molar-refractivity contribution in [2.75, 3.05) is 18.7 Å². The van der Waals surface area contributed by atoms with Gasteiger partial charge in [0.25, 0.3) is 5.91 Å². The zero-order valence-electron chi connectivity index (χ0n) is 13.4. The van der Waals surface area contributed by atoms with E-state index in [9.17, 15) is 18.6 Å². The zero-order valence-corrected chi connectivity index (χ0v) is 15.0. The third kappa shape index (κ3) is 2.77. The molecule has 2 aliphatic rings. The number of anilines is 1. The molecule has 24 heavy (non-hydrogen) atoms. The Morgan fingerprint density at radius 1 is 1.38 bits per heavy atom. The van der Waals surface area contributed by atoms with E-state index < -0.39 is 24.9 Å². The van der Waals surface area contributed by atoms with E-state index in [1.165, 1.54) is 19.8 Å². The van der Waals surface area contributed by atoms with Gasteiger partial charge in [-0.25, -0.2) is 4.39 Å². The lowest BCUT2D eigenvalue weighted by molar-refractivity contribution is -0.114. The van der Waals surface area contributed by atoms with Crippen LogP contribution in [-0.4, -0.2) is 30.4 Å². The molecular formula is C16H18ClFNO4P. The highest BCUT2D eigenvalue weighted by Gasteiger charge is 2.48. The monoisotopic (exact) mass is 373 g/mol. The highest BCUT2D eigenvalue weighted by Crippen LogP contribution is 2.55. The van der Waals surface area contributed by atoms with Gasteiger partial charge in [0.15, 0.2) is 0 Å². The number of ether oxygens (including phenoxy) is 1. The molecule has 0 radical (unpaired) electrons. The molecule has 8 heteroatoms. The minimum atomic E-state index is -3.71. The second kappa shape index (κ2) is 6.17. The van der Waals surface area contributed by atoms with Crippen LogP contribution in [0.3, 0.4) is 0 Å². The van der Waals surface area contributed by atoms with Gasteiger partial charge in [-0.3, -0.25) is 14.3 Å². The molecule has 1 amide bonds. The first kappa shape index (κ1) is 17.5. The van der Waals surface area contributed by atoms with Crippen molar-refractivity contribution >= 4 is 30.6 Å². The fourth-order valence-electron chi connectivity index (χ4n) is 3.47. The largest absolute Gasteiger partial charge is 0.495 e. The van der Waals surface area contributed by atoms with Crippen molar-refractivity contribution in [2.45, 2.75) is 31.5 Å².